The van der Waals surface area contributed by atoms with Gasteiger partial charge in [0.25, 0.3) is 5.56 Å². The summed E-state index contributed by atoms with van der Waals surface area (Å²) in [4.78, 5) is 12.2. The number of rotatable bonds is 6. The number of aryl methyl sites for hydroxylation is 1. The Kier molecular flexibility index (Phi) is 6.27. The number of anilines is 1. The number of aromatic nitrogens is 2. The fourth-order valence-electron chi connectivity index (χ4n) is 3.23. The van der Waals surface area contributed by atoms with Crippen LogP contribution in [-0.2, 0) is 6.54 Å². The molecule has 1 aliphatic carbocycles. The Morgan fingerprint density at radius 2 is 2.10 bits per heavy atom. The molecule has 1 aromatic rings. The van der Waals surface area contributed by atoms with Crippen molar-refractivity contribution in [2.75, 3.05) is 5.32 Å². The van der Waals surface area contributed by atoms with E-state index in [9.17, 15) is 4.79 Å². The first-order chi connectivity index (χ1) is 10.2. The Morgan fingerprint density at radius 3 is 2.71 bits per heavy atom. The molecule has 1 aliphatic rings. The lowest BCUT2D eigenvalue weighted by Crippen LogP contribution is -2.32. The number of nitrogens with zero attached hydrogens (tertiary/aromatic N) is 2. The molecule has 1 N–H and O–H groups in total. The first kappa shape index (κ1) is 16.5. The summed E-state index contributed by atoms with van der Waals surface area (Å²) < 4.78 is 2.14. The molecule has 0 spiro atoms. The minimum absolute atomic E-state index is 0.0413. The van der Waals surface area contributed by atoms with Crippen LogP contribution in [0.1, 0.15) is 58.8 Å². The number of halogens is 1. The smallest absolute Gasteiger partial charge is 0.283 e. The largest absolute Gasteiger partial charge is 0.380 e. The van der Waals surface area contributed by atoms with Crippen molar-refractivity contribution in [3.05, 3.63) is 21.0 Å². The number of hydrogen-bond donors (Lipinski definition) is 1. The third-order valence-electron chi connectivity index (χ3n) is 4.42. The topological polar surface area (TPSA) is 46.9 Å². The zero-order valence-electron chi connectivity index (χ0n) is 13.1. The molecule has 5 heteroatoms. The molecule has 2 rings (SSSR count). The highest BCUT2D eigenvalue weighted by Gasteiger charge is 2.23. The Balaban J connectivity index is 2.13. The van der Waals surface area contributed by atoms with Gasteiger partial charge in [0.1, 0.15) is 4.47 Å². The molecular weight excluding hydrogens is 330 g/mol. The second kappa shape index (κ2) is 7.97. The summed E-state index contributed by atoms with van der Waals surface area (Å²) in [5.74, 6) is 0.716. The Bertz CT molecular complexity index is 509. The van der Waals surface area contributed by atoms with Gasteiger partial charge in [0.05, 0.1) is 11.9 Å². The highest BCUT2D eigenvalue weighted by molar-refractivity contribution is 9.10. The van der Waals surface area contributed by atoms with Crippen LogP contribution in [0, 0.1) is 5.92 Å². The first-order valence-corrected chi connectivity index (χ1v) is 8.98. The molecule has 4 nitrogen and oxygen atoms in total. The van der Waals surface area contributed by atoms with Gasteiger partial charge in [0, 0.05) is 12.6 Å². The van der Waals surface area contributed by atoms with Gasteiger partial charge < -0.3 is 5.32 Å². The fourth-order valence-corrected chi connectivity index (χ4v) is 3.65. The maximum atomic E-state index is 12.2. The van der Waals surface area contributed by atoms with Gasteiger partial charge >= 0.3 is 0 Å². The van der Waals surface area contributed by atoms with Gasteiger partial charge in [-0.05, 0) is 47.5 Å². The summed E-state index contributed by atoms with van der Waals surface area (Å²) in [6, 6.07) is 0.435. The van der Waals surface area contributed by atoms with Gasteiger partial charge in [-0.25, -0.2) is 4.68 Å². The first-order valence-electron chi connectivity index (χ1n) is 8.19. The van der Waals surface area contributed by atoms with E-state index in [1.165, 1.54) is 36.8 Å². The summed E-state index contributed by atoms with van der Waals surface area (Å²) in [5.41, 5.74) is 0.796. The van der Waals surface area contributed by atoms with Crippen LogP contribution in [-0.4, -0.2) is 15.8 Å². The molecule has 0 aliphatic heterocycles. The molecule has 21 heavy (non-hydrogen) atoms. The van der Waals surface area contributed by atoms with Crippen LogP contribution in [0.2, 0.25) is 0 Å². The van der Waals surface area contributed by atoms with Crippen molar-refractivity contribution in [3.63, 3.8) is 0 Å². The standard InChI is InChI=1S/C16H26BrN3O/c1-3-10-20-16(21)15(17)14(11-18-20)19-13(4-2)12-8-6-5-7-9-12/h11-13,19H,3-10H2,1-2H3. The number of nitrogens with one attached hydrogen (secondary N) is 1. The third-order valence-corrected chi connectivity index (χ3v) is 5.19. The van der Waals surface area contributed by atoms with Gasteiger partial charge in [-0.15, -0.1) is 0 Å². The van der Waals surface area contributed by atoms with Gasteiger partial charge in [0.2, 0.25) is 0 Å². The average molecular weight is 356 g/mol. The Hall–Kier alpha value is -0.840. The highest BCUT2D eigenvalue weighted by Crippen LogP contribution is 2.30. The summed E-state index contributed by atoms with van der Waals surface area (Å²) >= 11 is 3.45. The monoisotopic (exact) mass is 355 g/mol. The quantitative estimate of drug-likeness (QED) is 0.832. The second-order valence-electron chi connectivity index (χ2n) is 5.96. The summed E-state index contributed by atoms with van der Waals surface area (Å²) in [5, 5.41) is 7.83. The van der Waals surface area contributed by atoms with Gasteiger partial charge in [-0.1, -0.05) is 33.1 Å². The van der Waals surface area contributed by atoms with E-state index in [0.29, 0.717) is 23.0 Å². The van der Waals surface area contributed by atoms with Crippen molar-refractivity contribution >= 4 is 21.6 Å². The zero-order chi connectivity index (χ0) is 15.2. The molecule has 1 saturated carbocycles. The Morgan fingerprint density at radius 1 is 1.38 bits per heavy atom. The maximum Gasteiger partial charge on any atom is 0.283 e. The van der Waals surface area contributed by atoms with E-state index in [-0.39, 0.29) is 5.56 Å². The van der Waals surface area contributed by atoms with Crippen LogP contribution in [0.3, 0.4) is 0 Å². The summed E-state index contributed by atoms with van der Waals surface area (Å²) in [6.07, 6.45) is 10.4. The number of hydrogen-bond acceptors (Lipinski definition) is 3. The van der Waals surface area contributed by atoms with Gasteiger partial charge in [-0.2, -0.15) is 5.10 Å². The minimum Gasteiger partial charge on any atom is -0.380 e. The lowest BCUT2D eigenvalue weighted by atomic mass is 9.83. The molecule has 0 amide bonds. The molecular formula is C16H26BrN3O. The normalized spacial score (nSPS) is 17.7. The van der Waals surface area contributed by atoms with E-state index in [0.717, 1.165) is 18.5 Å². The zero-order valence-corrected chi connectivity index (χ0v) is 14.7. The fraction of sp³-hybridized carbons (Fsp3) is 0.750. The second-order valence-corrected chi connectivity index (χ2v) is 6.75. The van der Waals surface area contributed by atoms with Crippen molar-refractivity contribution in [2.24, 2.45) is 5.92 Å². The van der Waals surface area contributed by atoms with E-state index < -0.39 is 0 Å². The average Bonchev–Trinajstić information content (AvgIpc) is 2.52. The molecule has 1 atom stereocenters. The van der Waals surface area contributed by atoms with Gasteiger partial charge in [-0.3, -0.25) is 4.79 Å². The van der Waals surface area contributed by atoms with Gasteiger partial charge in [0.15, 0.2) is 0 Å². The highest BCUT2D eigenvalue weighted by atomic mass is 79.9. The molecule has 0 aromatic carbocycles. The van der Waals surface area contributed by atoms with E-state index in [4.69, 9.17) is 0 Å². The molecule has 0 saturated heterocycles. The van der Waals surface area contributed by atoms with Crippen molar-refractivity contribution in [1.29, 1.82) is 0 Å². The predicted octanol–water partition coefficient (Wildman–Crippen LogP) is 4.19. The van der Waals surface area contributed by atoms with Crippen LogP contribution < -0.4 is 10.9 Å². The molecule has 1 heterocycles. The van der Waals surface area contributed by atoms with Crippen LogP contribution in [0.15, 0.2) is 15.5 Å². The minimum atomic E-state index is -0.0413. The summed E-state index contributed by atoms with van der Waals surface area (Å²) in [7, 11) is 0. The van der Waals surface area contributed by atoms with Crippen LogP contribution in [0.4, 0.5) is 5.69 Å². The van der Waals surface area contributed by atoms with Crippen molar-refractivity contribution in [3.8, 4) is 0 Å². The van der Waals surface area contributed by atoms with E-state index in [1.807, 2.05) is 6.92 Å². The maximum absolute atomic E-state index is 12.2. The molecule has 1 unspecified atom stereocenters. The van der Waals surface area contributed by atoms with E-state index in [2.05, 4.69) is 33.3 Å². The SMILES string of the molecule is CCCn1ncc(NC(CC)C2CCCCC2)c(Br)c1=O. The lowest BCUT2D eigenvalue weighted by Gasteiger charge is -2.31. The molecule has 1 aromatic heterocycles. The van der Waals surface area contributed by atoms with Crippen LogP contribution >= 0.6 is 15.9 Å². The third kappa shape index (κ3) is 4.09. The lowest BCUT2D eigenvalue weighted by molar-refractivity contribution is 0.313. The molecule has 1 fully saturated rings. The van der Waals surface area contributed by atoms with Crippen LogP contribution in [0.25, 0.3) is 0 Å². The Labute approximate surface area is 135 Å². The predicted molar refractivity (Wildman–Crippen MR) is 90.8 cm³/mol. The van der Waals surface area contributed by atoms with E-state index >= 15 is 0 Å². The molecule has 0 bridgehead atoms. The molecule has 118 valence electrons. The molecule has 0 radical (unpaired) electrons. The van der Waals surface area contributed by atoms with Crippen molar-refractivity contribution < 1.29 is 0 Å². The van der Waals surface area contributed by atoms with Crippen LogP contribution in [0.5, 0.6) is 0 Å². The van der Waals surface area contributed by atoms with Crippen molar-refractivity contribution in [2.45, 2.75) is 71.4 Å². The summed E-state index contributed by atoms with van der Waals surface area (Å²) in [6.45, 7) is 4.92. The van der Waals surface area contributed by atoms with Crippen molar-refractivity contribution in [1.82, 2.24) is 9.78 Å². The van der Waals surface area contributed by atoms with E-state index in [1.54, 1.807) is 6.20 Å².